The SMILES string of the molecule is O=[N+]([O-])c1ccc(NCCc2ccco2)c(Cl)c1. The molecule has 0 radical (unpaired) electrons. The molecule has 2 aromatic rings. The van der Waals surface area contributed by atoms with Gasteiger partial charge in [-0.2, -0.15) is 0 Å². The van der Waals surface area contributed by atoms with Crippen LogP contribution in [0.3, 0.4) is 0 Å². The maximum Gasteiger partial charge on any atom is 0.271 e. The molecule has 0 bridgehead atoms. The maximum absolute atomic E-state index is 10.5. The van der Waals surface area contributed by atoms with Crippen LogP contribution in [0.5, 0.6) is 0 Å². The van der Waals surface area contributed by atoms with Gasteiger partial charge < -0.3 is 9.73 Å². The van der Waals surface area contributed by atoms with Gasteiger partial charge in [0.25, 0.3) is 5.69 Å². The Labute approximate surface area is 109 Å². The zero-order chi connectivity index (χ0) is 13.0. The minimum atomic E-state index is -0.474. The van der Waals surface area contributed by atoms with E-state index in [4.69, 9.17) is 16.0 Å². The lowest BCUT2D eigenvalue weighted by molar-refractivity contribution is -0.384. The maximum atomic E-state index is 10.5. The zero-order valence-electron chi connectivity index (χ0n) is 9.43. The lowest BCUT2D eigenvalue weighted by Crippen LogP contribution is -2.04. The lowest BCUT2D eigenvalue weighted by Gasteiger charge is -2.06. The van der Waals surface area contributed by atoms with Gasteiger partial charge in [-0.1, -0.05) is 11.6 Å². The van der Waals surface area contributed by atoms with Crippen LogP contribution in [0.2, 0.25) is 5.02 Å². The lowest BCUT2D eigenvalue weighted by atomic mass is 10.2. The molecule has 5 nitrogen and oxygen atoms in total. The summed E-state index contributed by atoms with van der Waals surface area (Å²) in [6.45, 7) is 0.644. The molecule has 0 spiro atoms. The quantitative estimate of drug-likeness (QED) is 0.664. The number of rotatable bonds is 5. The molecule has 0 aliphatic rings. The normalized spacial score (nSPS) is 10.3. The van der Waals surface area contributed by atoms with Crippen molar-refractivity contribution in [2.45, 2.75) is 6.42 Å². The number of halogens is 1. The van der Waals surface area contributed by atoms with Crippen LogP contribution in [0.1, 0.15) is 5.76 Å². The van der Waals surface area contributed by atoms with E-state index in [0.717, 1.165) is 12.2 Å². The number of hydrogen-bond donors (Lipinski definition) is 1. The third-order valence-corrected chi connectivity index (χ3v) is 2.74. The van der Waals surface area contributed by atoms with Gasteiger partial charge >= 0.3 is 0 Å². The number of benzene rings is 1. The minimum absolute atomic E-state index is 0.0171. The molecule has 0 saturated carbocycles. The molecule has 1 aromatic heterocycles. The molecule has 0 aliphatic heterocycles. The minimum Gasteiger partial charge on any atom is -0.469 e. The second kappa shape index (κ2) is 5.55. The smallest absolute Gasteiger partial charge is 0.271 e. The molecular weight excluding hydrogens is 256 g/mol. The standard InChI is InChI=1S/C12H11ClN2O3/c13-11-8-9(15(16)17)3-4-12(11)14-6-5-10-2-1-7-18-10/h1-4,7-8,14H,5-6H2. The average molecular weight is 267 g/mol. The van der Waals surface area contributed by atoms with E-state index in [1.54, 1.807) is 12.3 Å². The average Bonchev–Trinajstić information content (AvgIpc) is 2.84. The molecule has 6 heteroatoms. The van der Waals surface area contributed by atoms with Crippen molar-refractivity contribution in [3.8, 4) is 0 Å². The highest BCUT2D eigenvalue weighted by atomic mass is 35.5. The van der Waals surface area contributed by atoms with Crippen molar-refractivity contribution >= 4 is 23.0 Å². The van der Waals surface area contributed by atoms with Gasteiger partial charge in [0.2, 0.25) is 0 Å². The Kier molecular flexibility index (Phi) is 3.84. The number of nitro benzene ring substituents is 1. The van der Waals surface area contributed by atoms with E-state index in [0.29, 0.717) is 17.3 Å². The van der Waals surface area contributed by atoms with Gasteiger partial charge in [-0.05, 0) is 18.2 Å². The van der Waals surface area contributed by atoms with E-state index < -0.39 is 4.92 Å². The molecule has 0 amide bonds. The molecule has 0 aliphatic carbocycles. The fraction of sp³-hybridized carbons (Fsp3) is 0.167. The van der Waals surface area contributed by atoms with Crippen LogP contribution >= 0.6 is 11.6 Å². The van der Waals surface area contributed by atoms with Gasteiger partial charge in [0.05, 0.1) is 21.9 Å². The Hall–Kier alpha value is -2.01. The van der Waals surface area contributed by atoms with Crippen LogP contribution in [-0.4, -0.2) is 11.5 Å². The number of furan rings is 1. The summed E-state index contributed by atoms with van der Waals surface area (Å²) >= 11 is 5.94. The highest BCUT2D eigenvalue weighted by Crippen LogP contribution is 2.26. The van der Waals surface area contributed by atoms with Gasteiger partial charge in [0, 0.05) is 25.1 Å². The van der Waals surface area contributed by atoms with Crippen LogP contribution in [-0.2, 0) is 6.42 Å². The fourth-order valence-corrected chi connectivity index (χ4v) is 1.78. The topological polar surface area (TPSA) is 68.3 Å². The van der Waals surface area contributed by atoms with Gasteiger partial charge in [-0.3, -0.25) is 10.1 Å². The van der Waals surface area contributed by atoms with Crippen LogP contribution in [0.4, 0.5) is 11.4 Å². The summed E-state index contributed by atoms with van der Waals surface area (Å²) in [5.74, 6) is 0.875. The summed E-state index contributed by atoms with van der Waals surface area (Å²) in [6.07, 6.45) is 2.34. The molecule has 0 saturated heterocycles. The first kappa shape index (κ1) is 12.4. The second-order valence-electron chi connectivity index (χ2n) is 3.68. The number of non-ortho nitro benzene ring substituents is 1. The number of nitro groups is 1. The van der Waals surface area contributed by atoms with Crippen molar-refractivity contribution in [2.75, 3.05) is 11.9 Å². The number of hydrogen-bond acceptors (Lipinski definition) is 4. The first-order valence-corrected chi connectivity index (χ1v) is 5.75. The van der Waals surface area contributed by atoms with Crippen molar-refractivity contribution in [1.29, 1.82) is 0 Å². The van der Waals surface area contributed by atoms with Gasteiger partial charge in [0.15, 0.2) is 0 Å². The first-order chi connectivity index (χ1) is 8.66. The Balaban J connectivity index is 1.95. The molecular formula is C12H11ClN2O3. The summed E-state index contributed by atoms with van der Waals surface area (Å²) in [5, 5.41) is 14.0. The summed E-state index contributed by atoms with van der Waals surface area (Å²) < 4.78 is 5.19. The van der Waals surface area contributed by atoms with Crippen molar-refractivity contribution < 1.29 is 9.34 Å². The predicted molar refractivity (Wildman–Crippen MR) is 69.0 cm³/mol. The Bertz CT molecular complexity index is 540. The molecule has 1 heterocycles. The van der Waals surface area contributed by atoms with Crippen LogP contribution in [0.25, 0.3) is 0 Å². The van der Waals surface area contributed by atoms with Crippen molar-refractivity contribution in [3.63, 3.8) is 0 Å². The Morgan fingerprint density at radius 3 is 2.83 bits per heavy atom. The summed E-state index contributed by atoms with van der Waals surface area (Å²) in [7, 11) is 0. The van der Waals surface area contributed by atoms with Gasteiger partial charge in [-0.15, -0.1) is 0 Å². The van der Waals surface area contributed by atoms with E-state index in [2.05, 4.69) is 5.32 Å². The molecule has 1 N–H and O–H groups in total. The highest BCUT2D eigenvalue weighted by molar-refractivity contribution is 6.33. The molecule has 94 valence electrons. The largest absolute Gasteiger partial charge is 0.469 e. The predicted octanol–water partition coefficient (Wildman–Crippen LogP) is 3.50. The third-order valence-electron chi connectivity index (χ3n) is 2.43. The summed E-state index contributed by atoms with van der Waals surface area (Å²) in [6, 6.07) is 8.06. The molecule has 0 atom stereocenters. The van der Waals surface area contributed by atoms with Crippen molar-refractivity contribution in [3.05, 3.63) is 57.5 Å². The molecule has 0 fully saturated rings. The molecule has 0 unspecified atom stereocenters. The van der Waals surface area contributed by atoms with Gasteiger partial charge in [-0.25, -0.2) is 0 Å². The van der Waals surface area contributed by atoms with E-state index in [1.807, 2.05) is 12.1 Å². The second-order valence-corrected chi connectivity index (χ2v) is 4.08. The van der Waals surface area contributed by atoms with Crippen molar-refractivity contribution in [1.82, 2.24) is 0 Å². The third kappa shape index (κ3) is 3.01. The fourth-order valence-electron chi connectivity index (χ4n) is 1.54. The Morgan fingerprint density at radius 1 is 1.39 bits per heavy atom. The number of anilines is 1. The zero-order valence-corrected chi connectivity index (χ0v) is 10.2. The summed E-state index contributed by atoms with van der Waals surface area (Å²) in [4.78, 5) is 10.1. The van der Waals surface area contributed by atoms with Crippen LogP contribution in [0, 0.1) is 10.1 Å². The molecule has 2 rings (SSSR count). The summed E-state index contributed by atoms with van der Waals surface area (Å²) in [5.41, 5.74) is 0.658. The molecule has 1 aromatic carbocycles. The van der Waals surface area contributed by atoms with Gasteiger partial charge in [0.1, 0.15) is 5.76 Å². The first-order valence-electron chi connectivity index (χ1n) is 5.37. The molecule has 18 heavy (non-hydrogen) atoms. The van der Waals surface area contributed by atoms with Crippen molar-refractivity contribution in [2.24, 2.45) is 0 Å². The monoisotopic (exact) mass is 266 g/mol. The van der Waals surface area contributed by atoms with E-state index in [1.165, 1.54) is 12.1 Å². The van der Waals surface area contributed by atoms with Crippen LogP contribution < -0.4 is 5.32 Å². The highest BCUT2D eigenvalue weighted by Gasteiger charge is 2.08. The van der Waals surface area contributed by atoms with E-state index in [-0.39, 0.29) is 5.69 Å². The van der Waals surface area contributed by atoms with Crippen LogP contribution in [0.15, 0.2) is 41.0 Å². The Morgan fingerprint density at radius 2 is 2.22 bits per heavy atom. The number of nitrogens with one attached hydrogen (secondary N) is 1. The van der Waals surface area contributed by atoms with E-state index in [9.17, 15) is 10.1 Å². The number of nitrogens with zero attached hydrogens (tertiary/aromatic N) is 1. The van der Waals surface area contributed by atoms with E-state index >= 15 is 0 Å².